The summed E-state index contributed by atoms with van der Waals surface area (Å²) in [6, 6.07) is 17.3. The lowest BCUT2D eigenvalue weighted by atomic mass is 9.74. The Kier molecular flexibility index (Phi) is 9.18. The van der Waals surface area contributed by atoms with Crippen LogP contribution in [0.5, 0.6) is 0 Å². The first-order valence-corrected chi connectivity index (χ1v) is 9.54. The smallest absolute Gasteiger partial charge is 0.191 e. The van der Waals surface area contributed by atoms with Gasteiger partial charge in [0.15, 0.2) is 5.96 Å². The second kappa shape index (κ2) is 11.4. The highest BCUT2D eigenvalue weighted by atomic mass is 127. The average Bonchev–Trinajstić information content (AvgIpc) is 2.72. The molecule has 1 heterocycles. The first-order valence-electron chi connectivity index (χ1n) is 9.54. The lowest BCUT2D eigenvalue weighted by Gasteiger charge is -2.38. The Morgan fingerprint density at radius 2 is 1.82 bits per heavy atom. The molecule has 3 rings (SSSR count). The second-order valence-corrected chi connectivity index (χ2v) is 6.99. The van der Waals surface area contributed by atoms with Crippen molar-refractivity contribution in [2.75, 3.05) is 33.4 Å². The van der Waals surface area contributed by atoms with E-state index in [4.69, 9.17) is 4.74 Å². The number of benzene rings is 2. The van der Waals surface area contributed by atoms with Crippen molar-refractivity contribution >= 4 is 29.9 Å². The molecule has 0 spiro atoms. The van der Waals surface area contributed by atoms with Crippen LogP contribution in [0.3, 0.4) is 0 Å². The average molecular weight is 497 g/mol. The molecule has 2 aromatic rings. The van der Waals surface area contributed by atoms with Gasteiger partial charge in [0.25, 0.3) is 0 Å². The number of rotatable bonds is 6. The predicted molar refractivity (Wildman–Crippen MR) is 123 cm³/mol. The molecule has 0 bridgehead atoms. The minimum Gasteiger partial charge on any atom is -0.381 e. The van der Waals surface area contributed by atoms with Crippen molar-refractivity contribution in [3.8, 4) is 0 Å². The molecule has 2 N–H and O–H groups in total. The topological polar surface area (TPSA) is 45.7 Å². The molecule has 0 radical (unpaired) electrons. The molecule has 1 saturated heterocycles. The van der Waals surface area contributed by atoms with E-state index in [1.165, 1.54) is 11.6 Å². The fourth-order valence-corrected chi connectivity index (χ4v) is 3.59. The number of nitrogens with one attached hydrogen (secondary N) is 2. The molecule has 1 aliphatic rings. The maximum Gasteiger partial charge on any atom is 0.191 e. The van der Waals surface area contributed by atoms with Gasteiger partial charge in [0.05, 0.1) is 0 Å². The van der Waals surface area contributed by atoms with E-state index in [1.54, 1.807) is 19.2 Å². The van der Waals surface area contributed by atoms with E-state index in [1.807, 2.05) is 12.1 Å². The standard InChI is InChI=1S/C22H28FN3O.HI/c1-24-21(25-13-10-18-6-3-2-4-7-18)26-17-22(11-14-27-15-12-22)19-8-5-9-20(23)16-19;/h2-9,16H,10-15,17H2,1H3,(H2,24,25,26);1H. The number of ether oxygens (including phenoxy) is 1. The molecule has 6 heteroatoms. The summed E-state index contributed by atoms with van der Waals surface area (Å²) < 4.78 is 19.4. The van der Waals surface area contributed by atoms with Gasteiger partial charge in [0.1, 0.15) is 5.82 Å². The van der Waals surface area contributed by atoms with Crippen molar-refractivity contribution in [1.29, 1.82) is 0 Å². The van der Waals surface area contributed by atoms with Gasteiger partial charge in [-0.05, 0) is 42.5 Å². The normalized spacial score (nSPS) is 16.1. The van der Waals surface area contributed by atoms with Crippen LogP contribution in [0.25, 0.3) is 0 Å². The fraction of sp³-hybridized carbons (Fsp3) is 0.409. The van der Waals surface area contributed by atoms with E-state index in [9.17, 15) is 4.39 Å². The largest absolute Gasteiger partial charge is 0.381 e. The van der Waals surface area contributed by atoms with Gasteiger partial charge in [-0.2, -0.15) is 0 Å². The van der Waals surface area contributed by atoms with Crippen molar-refractivity contribution in [3.63, 3.8) is 0 Å². The van der Waals surface area contributed by atoms with Gasteiger partial charge < -0.3 is 15.4 Å². The van der Waals surface area contributed by atoms with Crippen LogP contribution in [0.15, 0.2) is 59.6 Å². The Balaban J connectivity index is 0.00000280. The highest BCUT2D eigenvalue weighted by Gasteiger charge is 2.34. The van der Waals surface area contributed by atoms with E-state index in [2.05, 4.69) is 39.9 Å². The monoisotopic (exact) mass is 497 g/mol. The third-order valence-corrected chi connectivity index (χ3v) is 5.25. The first-order chi connectivity index (χ1) is 13.2. The van der Waals surface area contributed by atoms with E-state index in [0.29, 0.717) is 19.8 Å². The molecule has 0 amide bonds. The third kappa shape index (κ3) is 6.17. The van der Waals surface area contributed by atoms with Crippen molar-refractivity contribution in [2.24, 2.45) is 4.99 Å². The SMILES string of the molecule is CN=C(NCCc1ccccc1)NCC1(c2cccc(F)c2)CCOCC1.I. The molecule has 0 aliphatic carbocycles. The molecule has 2 aromatic carbocycles. The molecular weight excluding hydrogens is 468 g/mol. The molecule has 1 aliphatic heterocycles. The Morgan fingerprint density at radius 3 is 2.50 bits per heavy atom. The number of guanidine groups is 1. The van der Waals surface area contributed by atoms with Crippen LogP contribution in [0, 0.1) is 5.82 Å². The lowest BCUT2D eigenvalue weighted by molar-refractivity contribution is 0.0513. The van der Waals surface area contributed by atoms with Gasteiger partial charge >= 0.3 is 0 Å². The molecule has 28 heavy (non-hydrogen) atoms. The van der Waals surface area contributed by atoms with Gasteiger partial charge in [-0.25, -0.2) is 4.39 Å². The minimum atomic E-state index is -0.191. The summed E-state index contributed by atoms with van der Waals surface area (Å²) >= 11 is 0. The van der Waals surface area contributed by atoms with E-state index >= 15 is 0 Å². The first kappa shape index (κ1) is 22.6. The quantitative estimate of drug-likeness (QED) is 0.362. The van der Waals surface area contributed by atoms with Gasteiger partial charge in [-0.15, -0.1) is 24.0 Å². The van der Waals surface area contributed by atoms with Gasteiger partial charge in [0, 0.05) is 38.8 Å². The zero-order valence-electron chi connectivity index (χ0n) is 16.3. The number of hydrogen-bond donors (Lipinski definition) is 2. The predicted octanol–water partition coefficient (Wildman–Crippen LogP) is 3.90. The summed E-state index contributed by atoms with van der Waals surface area (Å²) in [6.07, 6.45) is 2.67. The van der Waals surface area contributed by atoms with Crippen LogP contribution < -0.4 is 10.6 Å². The summed E-state index contributed by atoms with van der Waals surface area (Å²) in [6.45, 7) is 2.89. The van der Waals surface area contributed by atoms with Gasteiger partial charge in [-0.3, -0.25) is 4.99 Å². The van der Waals surface area contributed by atoms with E-state index < -0.39 is 0 Å². The third-order valence-electron chi connectivity index (χ3n) is 5.25. The molecular formula is C22H29FIN3O. The molecule has 152 valence electrons. The Hall–Kier alpha value is -1.67. The van der Waals surface area contributed by atoms with Crippen LogP contribution in [-0.2, 0) is 16.6 Å². The zero-order valence-corrected chi connectivity index (χ0v) is 18.6. The minimum absolute atomic E-state index is 0. The highest BCUT2D eigenvalue weighted by Crippen LogP contribution is 2.34. The number of aliphatic imine (C=N–C) groups is 1. The molecule has 0 atom stereocenters. The van der Waals surface area contributed by atoms with Gasteiger partial charge in [0.2, 0.25) is 0 Å². The van der Waals surface area contributed by atoms with Gasteiger partial charge in [-0.1, -0.05) is 42.5 Å². The van der Waals surface area contributed by atoms with Crippen molar-refractivity contribution in [2.45, 2.75) is 24.7 Å². The van der Waals surface area contributed by atoms with Crippen LogP contribution in [-0.4, -0.2) is 39.3 Å². The van der Waals surface area contributed by atoms with Crippen LogP contribution >= 0.6 is 24.0 Å². The highest BCUT2D eigenvalue weighted by molar-refractivity contribution is 14.0. The fourth-order valence-electron chi connectivity index (χ4n) is 3.59. The van der Waals surface area contributed by atoms with Crippen LogP contribution in [0.2, 0.25) is 0 Å². The Morgan fingerprint density at radius 1 is 1.07 bits per heavy atom. The van der Waals surface area contributed by atoms with Crippen molar-refractivity contribution in [1.82, 2.24) is 10.6 Å². The number of nitrogens with zero attached hydrogens (tertiary/aromatic N) is 1. The maximum absolute atomic E-state index is 13.8. The van der Waals surface area contributed by atoms with Crippen LogP contribution in [0.1, 0.15) is 24.0 Å². The number of halogens is 2. The summed E-state index contributed by atoms with van der Waals surface area (Å²) in [5, 5.41) is 6.82. The lowest BCUT2D eigenvalue weighted by Crippen LogP contribution is -2.48. The second-order valence-electron chi connectivity index (χ2n) is 6.99. The zero-order chi connectivity index (χ0) is 19.0. The summed E-state index contributed by atoms with van der Waals surface area (Å²) in [5.41, 5.74) is 2.18. The van der Waals surface area contributed by atoms with E-state index in [0.717, 1.165) is 37.3 Å². The van der Waals surface area contributed by atoms with Crippen LogP contribution in [0.4, 0.5) is 4.39 Å². The molecule has 0 unspecified atom stereocenters. The maximum atomic E-state index is 13.8. The summed E-state index contributed by atoms with van der Waals surface area (Å²) in [7, 11) is 1.77. The summed E-state index contributed by atoms with van der Waals surface area (Å²) in [4.78, 5) is 4.34. The Labute approximate surface area is 184 Å². The number of hydrogen-bond acceptors (Lipinski definition) is 2. The molecule has 0 saturated carbocycles. The molecule has 4 nitrogen and oxygen atoms in total. The summed E-state index contributed by atoms with van der Waals surface area (Å²) in [5.74, 6) is 0.580. The van der Waals surface area contributed by atoms with E-state index in [-0.39, 0.29) is 35.2 Å². The van der Waals surface area contributed by atoms with Crippen molar-refractivity contribution < 1.29 is 9.13 Å². The molecule has 0 aromatic heterocycles. The molecule has 1 fully saturated rings. The Bertz CT molecular complexity index is 748. The van der Waals surface area contributed by atoms with Crippen molar-refractivity contribution in [3.05, 3.63) is 71.5 Å².